The summed E-state index contributed by atoms with van der Waals surface area (Å²) in [6, 6.07) is 5.14. The maximum atomic E-state index is 13.3. The Morgan fingerprint density at radius 3 is 2.33 bits per heavy atom. The molecule has 0 atom stereocenters. The second kappa shape index (κ2) is 8.61. The van der Waals surface area contributed by atoms with Crippen molar-refractivity contribution in [2.45, 2.75) is 50.8 Å². The summed E-state index contributed by atoms with van der Waals surface area (Å²) >= 11 is 0. The van der Waals surface area contributed by atoms with Gasteiger partial charge in [0.05, 0.1) is 5.69 Å². The lowest BCUT2D eigenvalue weighted by Crippen LogP contribution is -2.31. The van der Waals surface area contributed by atoms with Crippen LogP contribution in [0.1, 0.15) is 56.3 Å². The maximum Gasteiger partial charge on any atom is 0.251 e. The first-order valence-corrected chi connectivity index (χ1v) is 11.5. The van der Waals surface area contributed by atoms with Gasteiger partial charge in [0.2, 0.25) is 10.0 Å². The fourth-order valence-corrected chi connectivity index (χ4v) is 5.48. The lowest BCUT2D eigenvalue weighted by Gasteiger charge is -2.24. The molecule has 1 aromatic carbocycles. The van der Waals surface area contributed by atoms with E-state index >= 15 is 0 Å². The molecule has 0 unspecified atom stereocenters. The predicted molar refractivity (Wildman–Crippen MR) is 108 cm³/mol. The molecule has 0 bridgehead atoms. The van der Waals surface area contributed by atoms with E-state index in [9.17, 15) is 13.2 Å². The van der Waals surface area contributed by atoms with Crippen LogP contribution >= 0.6 is 0 Å². The molecule has 0 saturated carbocycles. The van der Waals surface area contributed by atoms with Gasteiger partial charge in [0.25, 0.3) is 5.91 Å². The highest BCUT2D eigenvalue weighted by molar-refractivity contribution is 7.89. The van der Waals surface area contributed by atoms with Crippen molar-refractivity contribution in [1.82, 2.24) is 9.62 Å². The van der Waals surface area contributed by atoms with E-state index in [2.05, 4.69) is 24.1 Å². The summed E-state index contributed by atoms with van der Waals surface area (Å²) in [7, 11) is -3.59. The highest BCUT2D eigenvalue weighted by Gasteiger charge is 2.32. The number of amides is 1. The molecule has 1 amide bonds. The van der Waals surface area contributed by atoms with Crippen molar-refractivity contribution in [2.24, 2.45) is 5.92 Å². The van der Waals surface area contributed by atoms with Gasteiger partial charge in [-0.1, -0.05) is 13.8 Å². The number of sulfonamides is 1. The quantitative estimate of drug-likeness (QED) is 0.773. The number of hydrogen-bond donors (Lipinski definition) is 1. The van der Waals surface area contributed by atoms with Gasteiger partial charge in [-0.15, -0.1) is 0 Å². The SMILES string of the molecule is CC(C)CCNC(=O)c1ccc(N2CCCC2)c(S(=O)(=O)N2CCCC2)c1. The van der Waals surface area contributed by atoms with Crippen molar-refractivity contribution in [1.29, 1.82) is 0 Å². The lowest BCUT2D eigenvalue weighted by atomic mass is 10.1. The number of hydrogen-bond acceptors (Lipinski definition) is 4. The molecule has 27 heavy (non-hydrogen) atoms. The fourth-order valence-electron chi connectivity index (χ4n) is 3.73. The first-order chi connectivity index (χ1) is 12.9. The third-order valence-corrected chi connectivity index (χ3v) is 7.29. The van der Waals surface area contributed by atoms with Gasteiger partial charge in [0.1, 0.15) is 4.90 Å². The average Bonchev–Trinajstić information content (AvgIpc) is 3.34. The van der Waals surface area contributed by atoms with Crippen LogP contribution in [0.4, 0.5) is 5.69 Å². The van der Waals surface area contributed by atoms with Crippen molar-refractivity contribution in [3.05, 3.63) is 23.8 Å². The molecule has 2 saturated heterocycles. The van der Waals surface area contributed by atoms with E-state index in [0.29, 0.717) is 31.1 Å². The van der Waals surface area contributed by atoms with E-state index in [4.69, 9.17) is 0 Å². The highest BCUT2D eigenvalue weighted by Crippen LogP contribution is 2.32. The summed E-state index contributed by atoms with van der Waals surface area (Å²) in [5.74, 6) is 0.301. The predicted octanol–water partition coefficient (Wildman–Crippen LogP) is 2.85. The number of carbonyl (C=O) groups is 1. The molecular weight excluding hydrogens is 362 g/mol. The Kier molecular flexibility index (Phi) is 6.42. The Morgan fingerprint density at radius 2 is 1.70 bits per heavy atom. The van der Waals surface area contributed by atoms with Crippen molar-refractivity contribution < 1.29 is 13.2 Å². The molecule has 0 aromatic heterocycles. The van der Waals surface area contributed by atoms with E-state index < -0.39 is 10.0 Å². The molecule has 7 heteroatoms. The first kappa shape index (κ1) is 20.1. The van der Waals surface area contributed by atoms with E-state index in [1.165, 1.54) is 0 Å². The summed E-state index contributed by atoms with van der Waals surface area (Å²) in [4.78, 5) is 14.9. The molecule has 1 aromatic rings. The van der Waals surface area contributed by atoms with Crippen LogP contribution < -0.4 is 10.2 Å². The van der Waals surface area contributed by atoms with E-state index in [1.54, 1.807) is 16.4 Å². The Labute approximate surface area is 163 Å². The molecular formula is C20H31N3O3S. The Balaban J connectivity index is 1.90. The Hall–Kier alpha value is -1.60. The molecule has 2 aliphatic heterocycles. The van der Waals surface area contributed by atoms with Gasteiger partial charge in [-0.05, 0) is 56.2 Å². The molecule has 2 aliphatic rings. The van der Waals surface area contributed by atoms with Gasteiger partial charge in [-0.2, -0.15) is 4.31 Å². The fraction of sp³-hybridized carbons (Fsp3) is 0.650. The summed E-state index contributed by atoms with van der Waals surface area (Å²) in [5, 5.41) is 2.91. The Morgan fingerprint density at radius 1 is 1.07 bits per heavy atom. The zero-order valence-electron chi connectivity index (χ0n) is 16.4. The van der Waals surface area contributed by atoms with E-state index in [1.807, 2.05) is 6.07 Å². The van der Waals surface area contributed by atoms with Gasteiger partial charge in [0.15, 0.2) is 0 Å². The van der Waals surface area contributed by atoms with Crippen LogP contribution in [0.25, 0.3) is 0 Å². The van der Waals surface area contributed by atoms with Crippen molar-refractivity contribution in [2.75, 3.05) is 37.6 Å². The molecule has 1 N–H and O–H groups in total. The van der Waals surface area contributed by atoms with Gasteiger partial charge in [-0.25, -0.2) is 8.42 Å². The number of nitrogens with zero attached hydrogens (tertiary/aromatic N) is 2. The number of nitrogens with one attached hydrogen (secondary N) is 1. The molecule has 150 valence electrons. The zero-order chi connectivity index (χ0) is 19.4. The van der Waals surface area contributed by atoms with Crippen LogP contribution in [0.2, 0.25) is 0 Å². The minimum Gasteiger partial charge on any atom is -0.370 e. The van der Waals surface area contributed by atoms with E-state index in [-0.39, 0.29) is 10.8 Å². The van der Waals surface area contributed by atoms with Crippen LogP contribution in [-0.2, 0) is 10.0 Å². The highest BCUT2D eigenvalue weighted by atomic mass is 32.2. The van der Waals surface area contributed by atoms with Crippen molar-refractivity contribution in [3.8, 4) is 0 Å². The van der Waals surface area contributed by atoms with Crippen LogP contribution in [-0.4, -0.2) is 51.4 Å². The van der Waals surface area contributed by atoms with Gasteiger partial charge >= 0.3 is 0 Å². The van der Waals surface area contributed by atoms with Crippen LogP contribution in [0.15, 0.2) is 23.1 Å². The standard InChI is InChI=1S/C20H31N3O3S/c1-16(2)9-10-21-20(24)17-7-8-18(22-11-3-4-12-22)19(15-17)27(25,26)23-13-5-6-14-23/h7-8,15-16H,3-6,9-14H2,1-2H3,(H,21,24). The van der Waals surface area contributed by atoms with Crippen molar-refractivity contribution >= 4 is 21.6 Å². The number of rotatable bonds is 7. The van der Waals surface area contributed by atoms with Crippen LogP contribution in [0.5, 0.6) is 0 Å². The largest absolute Gasteiger partial charge is 0.370 e. The molecule has 2 fully saturated rings. The molecule has 0 spiro atoms. The topological polar surface area (TPSA) is 69.7 Å². The molecule has 3 rings (SSSR count). The van der Waals surface area contributed by atoms with E-state index in [0.717, 1.165) is 50.9 Å². The molecule has 2 heterocycles. The number of benzene rings is 1. The normalized spacial score (nSPS) is 18.4. The second-order valence-electron chi connectivity index (χ2n) is 7.93. The number of carbonyl (C=O) groups excluding carboxylic acids is 1. The smallest absolute Gasteiger partial charge is 0.251 e. The summed E-state index contributed by atoms with van der Waals surface area (Å²) in [5.41, 5.74) is 1.15. The van der Waals surface area contributed by atoms with Gasteiger partial charge in [0, 0.05) is 38.3 Å². The first-order valence-electron chi connectivity index (χ1n) is 10.1. The third-order valence-electron chi connectivity index (χ3n) is 5.36. The lowest BCUT2D eigenvalue weighted by molar-refractivity contribution is 0.0952. The zero-order valence-corrected chi connectivity index (χ0v) is 17.2. The van der Waals surface area contributed by atoms with Crippen LogP contribution in [0, 0.1) is 5.92 Å². The third kappa shape index (κ3) is 4.63. The Bertz CT molecular complexity index is 765. The summed E-state index contributed by atoms with van der Waals surface area (Å²) in [6.45, 7) is 7.66. The van der Waals surface area contributed by atoms with Crippen molar-refractivity contribution in [3.63, 3.8) is 0 Å². The van der Waals surface area contributed by atoms with Gasteiger partial charge in [-0.3, -0.25) is 4.79 Å². The minimum absolute atomic E-state index is 0.207. The molecule has 0 aliphatic carbocycles. The van der Waals surface area contributed by atoms with Gasteiger partial charge < -0.3 is 10.2 Å². The second-order valence-corrected chi connectivity index (χ2v) is 9.83. The molecule has 6 nitrogen and oxygen atoms in total. The van der Waals surface area contributed by atoms with Crippen LogP contribution in [0.3, 0.4) is 0 Å². The summed E-state index contributed by atoms with van der Waals surface area (Å²) < 4.78 is 28.1. The summed E-state index contributed by atoms with van der Waals surface area (Å²) in [6.07, 6.45) is 4.83. The monoisotopic (exact) mass is 393 g/mol. The maximum absolute atomic E-state index is 13.3. The molecule has 0 radical (unpaired) electrons. The number of anilines is 1. The average molecular weight is 394 g/mol. The minimum atomic E-state index is -3.59.